The molecule has 156 valence electrons. The van der Waals surface area contributed by atoms with E-state index in [4.69, 9.17) is 0 Å². The summed E-state index contributed by atoms with van der Waals surface area (Å²) < 4.78 is 0. The van der Waals surface area contributed by atoms with E-state index < -0.39 is 17.5 Å². The third-order valence-corrected chi connectivity index (χ3v) is 6.01. The number of carbonyl (C=O) groups is 4. The minimum Gasteiger partial charge on any atom is -0.326 e. The SMILES string of the molecule is CC(=O)Nc1ccc(-c2csc(NC(=O)CN3C(=O)NC(C)(C4CC4)C3=O)n2)cc1. The summed E-state index contributed by atoms with van der Waals surface area (Å²) >= 11 is 1.24. The molecule has 5 amide bonds. The van der Waals surface area contributed by atoms with Gasteiger partial charge < -0.3 is 16.0 Å². The van der Waals surface area contributed by atoms with Gasteiger partial charge in [-0.3, -0.25) is 19.3 Å². The molecule has 4 rings (SSSR count). The number of benzene rings is 1. The van der Waals surface area contributed by atoms with E-state index in [1.165, 1.54) is 18.3 Å². The third kappa shape index (κ3) is 3.90. The van der Waals surface area contributed by atoms with Crippen molar-refractivity contribution in [2.45, 2.75) is 32.2 Å². The maximum Gasteiger partial charge on any atom is 0.325 e. The number of hydrogen-bond donors (Lipinski definition) is 3. The van der Waals surface area contributed by atoms with Crippen LogP contribution in [0.5, 0.6) is 0 Å². The molecule has 1 saturated heterocycles. The van der Waals surface area contributed by atoms with E-state index in [2.05, 4.69) is 20.9 Å². The van der Waals surface area contributed by atoms with Crippen LogP contribution in [0.2, 0.25) is 0 Å². The molecule has 1 atom stereocenters. The van der Waals surface area contributed by atoms with E-state index in [-0.39, 0.29) is 24.3 Å². The Labute approximate surface area is 176 Å². The average Bonchev–Trinajstić information content (AvgIpc) is 3.41. The van der Waals surface area contributed by atoms with Crippen molar-refractivity contribution in [3.63, 3.8) is 0 Å². The Kier molecular flexibility index (Phi) is 5.02. The van der Waals surface area contributed by atoms with Crippen LogP contribution in [0.25, 0.3) is 11.3 Å². The second-order valence-electron chi connectivity index (χ2n) is 7.64. The normalized spacial score (nSPS) is 20.8. The minimum absolute atomic E-state index is 0.139. The molecule has 1 aliphatic heterocycles. The highest BCUT2D eigenvalue weighted by Crippen LogP contribution is 2.42. The Morgan fingerprint density at radius 2 is 1.93 bits per heavy atom. The van der Waals surface area contributed by atoms with Crippen LogP contribution in [0.1, 0.15) is 26.7 Å². The van der Waals surface area contributed by atoms with Crippen LogP contribution in [0.15, 0.2) is 29.6 Å². The molecular weight excluding hydrogens is 406 g/mol. The first-order chi connectivity index (χ1) is 14.3. The summed E-state index contributed by atoms with van der Waals surface area (Å²) in [5.41, 5.74) is 1.27. The lowest BCUT2D eigenvalue weighted by Crippen LogP contribution is -2.46. The van der Waals surface area contributed by atoms with E-state index in [1.807, 2.05) is 12.1 Å². The monoisotopic (exact) mass is 427 g/mol. The maximum absolute atomic E-state index is 12.6. The number of anilines is 2. The molecule has 3 N–H and O–H groups in total. The Balaban J connectivity index is 1.38. The van der Waals surface area contributed by atoms with Gasteiger partial charge in [0.15, 0.2) is 5.13 Å². The second-order valence-corrected chi connectivity index (χ2v) is 8.50. The molecule has 1 unspecified atom stereocenters. The molecule has 2 heterocycles. The van der Waals surface area contributed by atoms with Gasteiger partial charge >= 0.3 is 6.03 Å². The van der Waals surface area contributed by atoms with Gasteiger partial charge in [-0.15, -0.1) is 11.3 Å². The molecule has 1 aromatic heterocycles. The first kappa shape index (κ1) is 20.0. The Bertz CT molecular complexity index is 1030. The van der Waals surface area contributed by atoms with Gasteiger partial charge in [-0.1, -0.05) is 12.1 Å². The molecule has 0 spiro atoms. The summed E-state index contributed by atoms with van der Waals surface area (Å²) in [6, 6.07) is 6.63. The number of imide groups is 1. The number of nitrogens with one attached hydrogen (secondary N) is 3. The van der Waals surface area contributed by atoms with Gasteiger partial charge in [0.25, 0.3) is 5.91 Å². The van der Waals surface area contributed by atoms with Crippen LogP contribution in [0.3, 0.4) is 0 Å². The summed E-state index contributed by atoms with van der Waals surface area (Å²) in [4.78, 5) is 53.6. The molecule has 1 aliphatic carbocycles. The molecule has 0 radical (unpaired) electrons. The minimum atomic E-state index is -0.908. The summed E-state index contributed by atoms with van der Waals surface area (Å²) in [6.45, 7) is 2.80. The van der Waals surface area contributed by atoms with Crippen molar-refractivity contribution in [2.24, 2.45) is 5.92 Å². The van der Waals surface area contributed by atoms with Gasteiger partial charge in [0.2, 0.25) is 11.8 Å². The highest BCUT2D eigenvalue weighted by atomic mass is 32.1. The van der Waals surface area contributed by atoms with Crippen LogP contribution in [-0.2, 0) is 14.4 Å². The van der Waals surface area contributed by atoms with Crippen molar-refractivity contribution >= 4 is 45.9 Å². The molecule has 1 aromatic carbocycles. The Hall–Kier alpha value is -3.27. The van der Waals surface area contributed by atoms with Crippen molar-refractivity contribution in [2.75, 3.05) is 17.2 Å². The van der Waals surface area contributed by atoms with Crippen LogP contribution < -0.4 is 16.0 Å². The number of nitrogens with zero attached hydrogens (tertiary/aromatic N) is 2. The van der Waals surface area contributed by atoms with Gasteiger partial charge in [-0.05, 0) is 37.8 Å². The summed E-state index contributed by atoms with van der Waals surface area (Å²) in [5.74, 6) is -0.853. The summed E-state index contributed by atoms with van der Waals surface area (Å²) in [7, 11) is 0. The van der Waals surface area contributed by atoms with E-state index >= 15 is 0 Å². The average molecular weight is 427 g/mol. The number of thiazole rings is 1. The predicted octanol–water partition coefficient (Wildman–Crippen LogP) is 2.43. The lowest BCUT2D eigenvalue weighted by Gasteiger charge is -2.20. The van der Waals surface area contributed by atoms with Gasteiger partial charge in [-0.25, -0.2) is 9.78 Å². The summed E-state index contributed by atoms with van der Waals surface area (Å²) in [6.07, 6.45) is 1.80. The fourth-order valence-corrected chi connectivity index (χ4v) is 4.23. The summed E-state index contributed by atoms with van der Waals surface area (Å²) in [5, 5.41) is 10.2. The first-order valence-corrected chi connectivity index (χ1v) is 10.4. The number of hydrogen-bond acceptors (Lipinski definition) is 6. The topological polar surface area (TPSA) is 121 Å². The Morgan fingerprint density at radius 1 is 1.23 bits per heavy atom. The zero-order valence-electron chi connectivity index (χ0n) is 16.5. The largest absolute Gasteiger partial charge is 0.326 e. The van der Waals surface area contributed by atoms with Gasteiger partial charge in [0.1, 0.15) is 12.1 Å². The number of urea groups is 1. The van der Waals surface area contributed by atoms with Crippen LogP contribution in [-0.4, -0.2) is 45.7 Å². The van der Waals surface area contributed by atoms with Crippen LogP contribution >= 0.6 is 11.3 Å². The quantitative estimate of drug-likeness (QED) is 0.612. The molecule has 10 heteroatoms. The smallest absolute Gasteiger partial charge is 0.325 e. The Morgan fingerprint density at radius 3 is 2.57 bits per heavy atom. The van der Waals surface area contributed by atoms with Gasteiger partial charge in [-0.2, -0.15) is 0 Å². The molecule has 2 aromatic rings. The van der Waals surface area contributed by atoms with Gasteiger partial charge in [0, 0.05) is 23.6 Å². The number of aromatic nitrogens is 1. The lowest BCUT2D eigenvalue weighted by molar-refractivity contribution is -0.134. The number of amides is 5. The number of carbonyl (C=O) groups excluding carboxylic acids is 4. The van der Waals surface area contributed by atoms with Crippen LogP contribution in [0, 0.1) is 5.92 Å². The zero-order chi connectivity index (χ0) is 21.5. The van der Waals surface area contributed by atoms with Crippen molar-refractivity contribution in [1.29, 1.82) is 0 Å². The first-order valence-electron chi connectivity index (χ1n) is 9.54. The van der Waals surface area contributed by atoms with Crippen molar-refractivity contribution in [3.8, 4) is 11.3 Å². The molecule has 30 heavy (non-hydrogen) atoms. The van der Waals surface area contributed by atoms with E-state index in [0.29, 0.717) is 16.5 Å². The van der Waals surface area contributed by atoms with Gasteiger partial charge in [0.05, 0.1) is 5.69 Å². The molecule has 2 fully saturated rings. The zero-order valence-corrected chi connectivity index (χ0v) is 17.3. The highest BCUT2D eigenvalue weighted by Gasteiger charge is 2.56. The van der Waals surface area contributed by atoms with E-state index in [1.54, 1.807) is 24.4 Å². The van der Waals surface area contributed by atoms with Crippen molar-refractivity contribution in [3.05, 3.63) is 29.6 Å². The second kappa shape index (κ2) is 7.52. The molecule has 1 saturated carbocycles. The van der Waals surface area contributed by atoms with E-state index in [0.717, 1.165) is 23.3 Å². The molecule has 2 aliphatic rings. The lowest BCUT2D eigenvalue weighted by atomic mass is 9.96. The predicted molar refractivity (Wildman–Crippen MR) is 112 cm³/mol. The third-order valence-electron chi connectivity index (χ3n) is 5.25. The number of rotatable bonds is 6. The molecular formula is C20H21N5O4S. The van der Waals surface area contributed by atoms with Crippen LogP contribution in [0.4, 0.5) is 15.6 Å². The van der Waals surface area contributed by atoms with Crippen molar-refractivity contribution < 1.29 is 19.2 Å². The highest BCUT2D eigenvalue weighted by molar-refractivity contribution is 7.14. The standard InChI is InChI=1S/C20H21N5O4S/c1-11(26)21-14-7-3-12(4-8-14)15-10-30-18(22-15)23-16(27)9-25-17(28)20(2,13-5-6-13)24-19(25)29/h3-4,7-8,10,13H,5-6,9H2,1-2H3,(H,21,26)(H,24,29)(H,22,23,27). The fourth-order valence-electron chi connectivity index (χ4n) is 3.49. The molecule has 9 nitrogen and oxygen atoms in total. The van der Waals surface area contributed by atoms with E-state index in [9.17, 15) is 19.2 Å². The fraction of sp³-hybridized carbons (Fsp3) is 0.350. The molecule has 0 bridgehead atoms. The maximum atomic E-state index is 12.6. The van der Waals surface area contributed by atoms with Crippen molar-refractivity contribution in [1.82, 2.24) is 15.2 Å².